The second-order valence-corrected chi connectivity index (χ2v) is 8.66. The first kappa shape index (κ1) is 23.1. The largest absolute Gasteiger partial charge is 0.480 e. The van der Waals surface area contributed by atoms with Crippen molar-refractivity contribution in [1.29, 1.82) is 0 Å². The molecule has 0 aliphatic carbocycles. The number of hydrogen-bond acceptors (Lipinski definition) is 7. The van der Waals surface area contributed by atoms with Crippen molar-refractivity contribution in [3.63, 3.8) is 0 Å². The number of nitrogens with two attached hydrogens (primary N) is 2. The summed E-state index contributed by atoms with van der Waals surface area (Å²) in [5.74, 6) is 0.179. The number of hydrogen-bond donors (Lipinski definition) is 4. The predicted octanol–water partition coefficient (Wildman–Crippen LogP) is 4.04. The fourth-order valence-corrected chi connectivity index (χ4v) is 3.89. The van der Waals surface area contributed by atoms with Gasteiger partial charge in [0.15, 0.2) is 5.82 Å². The Hall–Kier alpha value is -4.04. The van der Waals surface area contributed by atoms with Gasteiger partial charge >= 0.3 is 5.97 Å². The van der Waals surface area contributed by atoms with Gasteiger partial charge in [0, 0.05) is 5.56 Å². The summed E-state index contributed by atoms with van der Waals surface area (Å²) in [7, 11) is 0. The number of nitrogens with zero attached hydrogens (tertiary/aromatic N) is 3. The van der Waals surface area contributed by atoms with Gasteiger partial charge < -0.3 is 21.9 Å². The van der Waals surface area contributed by atoms with Crippen LogP contribution in [0.3, 0.4) is 0 Å². The Labute approximate surface area is 198 Å². The minimum absolute atomic E-state index is 0.0286. The molecule has 0 bridgehead atoms. The van der Waals surface area contributed by atoms with E-state index >= 15 is 0 Å². The average molecular weight is 457 g/mol. The van der Waals surface area contributed by atoms with Crippen LogP contribution in [0.5, 0.6) is 0 Å². The SMILES string of the molecule is CC(C)C(Nc1nc(N)nc(-c2ccc(C[C@H](N)C(=O)O)cc2)n1)c1ccc2ccccc2c1. The second kappa shape index (κ2) is 9.84. The first-order valence-corrected chi connectivity index (χ1v) is 11.1. The van der Waals surface area contributed by atoms with Gasteiger partial charge in [0.25, 0.3) is 0 Å². The highest BCUT2D eigenvalue weighted by Crippen LogP contribution is 2.29. The lowest BCUT2D eigenvalue weighted by atomic mass is 9.94. The molecule has 4 rings (SSSR count). The van der Waals surface area contributed by atoms with Crippen LogP contribution in [0.1, 0.15) is 31.0 Å². The summed E-state index contributed by atoms with van der Waals surface area (Å²) in [6.45, 7) is 4.28. The molecule has 1 heterocycles. The van der Waals surface area contributed by atoms with Crippen LogP contribution in [0.25, 0.3) is 22.2 Å². The highest BCUT2D eigenvalue weighted by atomic mass is 16.4. The van der Waals surface area contributed by atoms with Gasteiger partial charge in [-0.2, -0.15) is 15.0 Å². The first-order valence-electron chi connectivity index (χ1n) is 11.1. The van der Waals surface area contributed by atoms with E-state index in [0.29, 0.717) is 11.8 Å². The Morgan fingerprint density at radius 2 is 1.68 bits per heavy atom. The van der Waals surface area contributed by atoms with Crippen molar-refractivity contribution in [3.05, 3.63) is 77.9 Å². The number of carbonyl (C=O) groups is 1. The van der Waals surface area contributed by atoms with Gasteiger partial charge in [-0.25, -0.2) is 0 Å². The highest BCUT2D eigenvalue weighted by molar-refractivity contribution is 5.83. The molecule has 174 valence electrons. The number of rotatable bonds is 8. The van der Waals surface area contributed by atoms with E-state index in [9.17, 15) is 4.79 Å². The van der Waals surface area contributed by atoms with Gasteiger partial charge in [-0.05, 0) is 40.3 Å². The zero-order valence-corrected chi connectivity index (χ0v) is 19.1. The van der Waals surface area contributed by atoms with Crippen LogP contribution >= 0.6 is 0 Å². The molecular formula is C26H28N6O2. The molecule has 0 spiro atoms. The van der Waals surface area contributed by atoms with Crippen LogP contribution < -0.4 is 16.8 Å². The average Bonchev–Trinajstić information content (AvgIpc) is 2.82. The zero-order valence-electron chi connectivity index (χ0n) is 19.1. The fourth-order valence-electron chi connectivity index (χ4n) is 3.89. The van der Waals surface area contributed by atoms with Gasteiger partial charge in [-0.1, -0.05) is 74.5 Å². The predicted molar refractivity (Wildman–Crippen MR) is 134 cm³/mol. The molecule has 0 radical (unpaired) electrons. The maximum atomic E-state index is 11.0. The summed E-state index contributed by atoms with van der Waals surface area (Å²) in [5.41, 5.74) is 14.3. The van der Waals surface area contributed by atoms with Crippen molar-refractivity contribution < 1.29 is 9.90 Å². The van der Waals surface area contributed by atoms with Crippen molar-refractivity contribution >= 4 is 28.6 Å². The minimum atomic E-state index is -1.03. The van der Waals surface area contributed by atoms with Crippen molar-refractivity contribution in [1.82, 2.24) is 15.0 Å². The number of carboxylic acid groups (broad SMARTS) is 1. The first-order chi connectivity index (χ1) is 16.3. The van der Waals surface area contributed by atoms with Gasteiger partial charge in [0.2, 0.25) is 11.9 Å². The molecule has 8 heteroatoms. The van der Waals surface area contributed by atoms with E-state index in [-0.39, 0.29) is 24.3 Å². The third-order valence-electron chi connectivity index (χ3n) is 5.72. The smallest absolute Gasteiger partial charge is 0.320 e. The van der Waals surface area contributed by atoms with Crippen molar-refractivity contribution in [2.45, 2.75) is 32.4 Å². The molecule has 8 nitrogen and oxygen atoms in total. The molecule has 6 N–H and O–H groups in total. The number of anilines is 2. The molecule has 0 aliphatic heterocycles. The molecular weight excluding hydrogens is 428 g/mol. The molecule has 3 aromatic carbocycles. The monoisotopic (exact) mass is 456 g/mol. The lowest BCUT2D eigenvalue weighted by Gasteiger charge is -2.23. The normalized spacial score (nSPS) is 13.1. The fraction of sp³-hybridized carbons (Fsp3) is 0.231. The number of aliphatic carboxylic acids is 1. The van der Waals surface area contributed by atoms with Crippen LogP contribution in [0, 0.1) is 5.92 Å². The number of benzene rings is 3. The van der Waals surface area contributed by atoms with E-state index in [1.807, 2.05) is 36.4 Å². The lowest BCUT2D eigenvalue weighted by molar-refractivity contribution is -0.138. The summed E-state index contributed by atoms with van der Waals surface area (Å²) in [6, 6.07) is 21.0. The van der Waals surface area contributed by atoms with Crippen LogP contribution in [0.15, 0.2) is 66.7 Å². The van der Waals surface area contributed by atoms with Crippen molar-refractivity contribution in [3.8, 4) is 11.4 Å². The Bertz CT molecular complexity index is 1310. The van der Waals surface area contributed by atoms with Crippen LogP contribution in [0.2, 0.25) is 0 Å². The van der Waals surface area contributed by atoms with Gasteiger partial charge in [-0.15, -0.1) is 0 Å². The van der Waals surface area contributed by atoms with E-state index in [4.69, 9.17) is 16.6 Å². The van der Waals surface area contributed by atoms with Crippen LogP contribution in [-0.2, 0) is 11.2 Å². The third-order valence-corrected chi connectivity index (χ3v) is 5.72. The maximum Gasteiger partial charge on any atom is 0.320 e. The molecule has 34 heavy (non-hydrogen) atoms. The Morgan fingerprint density at radius 3 is 2.35 bits per heavy atom. The molecule has 1 aromatic heterocycles. The molecule has 4 aromatic rings. The van der Waals surface area contributed by atoms with E-state index in [1.165, 1.54) is 10.8 Å². The topological polar surface area (TPSA) is 140 Å². The summed E-state index contributed by atoms with van der Waals surface area (Å²) >= 11 is 0. The lowest BCUT2D eigenvalue weighted by Crippen LogP contribution is -2.32. The van der Waals surface area contributed by atoms with Gasteiger partial charge in [0.1, 0.15) is 6.04 Å². The van der Waals surface area contributed by atoms with Crippen molar-refractivity contribution in [2.75, 3.05) is 11.1 Å². The quantitative estimate of drug-likeness (QED) is 0.311. The highest BCUT2D eigenvalue weighted by Gasteiger charge is 2.19. The van der Waals surface area contributed by atoms with E-state index < -0.39 is 12.0 Å². The molecule has 0 saturated carbocycles. The molecule has 2 atom stereocenters. The van der Waals surface area contributed by atoms with Gasteiger partial charge in [0.05, 0.1) is 6.04 Å². The minimum Gasteiger partial charge on any atom is -0.480 e. The number of aromatic nitrogens is 3. The third kappa shape index (κ3) is 5.29. The van der Waals surface area contributed by atoms with Crippen LogP contribution in [0.4, 0.5) is 11.9 Å². The maximum absolute atomic E-state index is 11.0. The second-order valence-electron chi connectivity index (χ2n) is 8.66. The van der Waals surface area contributed by atoms with E-state index in [1.54, 1.807) is 0 Å². The van der Waals surface area contributed by atoms with Crippen molar-refractivity contribution in [2.24, 2.45) is 11.7 Å². The zero-order chi connectivity index (χ0) is 24.2. The Morgan fingerprint density at radius 1 is 0.971 bits per heavy atom. The number of carboxylic acids is 1. The van der Waals surface area contributed by atoms with Gasteiger partial charge in [-0.3, -0.25) is 4.79 Å². The molecule has 1 unspecified atom stereocenters. The van der Waals surface area contributed by atoms with E-state index in [0.717, 1.165) is 16.7 Å². The Balaban J connectivity index is 1.59. The van der Waals surface area contributed by atoms with E-state index in [2.05, 4.69) is 64.4 Å². The number of nitrogen functional groups attached to an aromatic ring is 1. The number of nitrogens with one attached hydrogen (secondary N) is 1. The standard InChI is InChI=1S/C26H28N6O2/c1-15(2)22(20-12-11-17-5-3-4-6-19(17)14-20)29-26-31-23(30-25(28)32-26)18-9-7-16(8-10-18)13-21(27)24(33)34/h3-12,14-15,21-22H,13,27H2,1-2H3,(H,33,34)(H3,28,29,30,31,32)/t21-,22?/m0/s1. The summed E-state index contributed by atoms with van der Waals surface area (Å²) in [4.78, 5) is 24.2. The van der Waals surface area contributed by atoms with Crippen LogP contribution in [-0.4, -0.2) is 32.1 Å². The summed E-state index contributed by atoms with van der Waals surface area (Å²) in [5, 5.41) is 14.8. The Kier molecular flexibility index (Phi) is 6.70. The molecule has 0 fully saturated rings. The summed E-state index contributed by atoms with van der Waals surface area (Å²) in [6.07, 6.45) is 0.240. The number of fused-ring (bicyclic) bond motifs is 1. The molecule has 0 amide bonds. The summed E-state index contributed by atoms with van der Waals surface area (Å²) < 4.78 is 0. The molecule has 0 aliphatic rings. The molecule has 0 saturated heterocycles.